The summed E-state index contributed by atoms with van der Waals surface area (Å²) in [5.74, 6) is 0.801. The number of nitrogens with zero attached hydrogens (tertiary/aromatic N) is 1. The van der Waals surface area contributed by atoms with Gasteiger partial charge in [-0.25, -0.2) is 0 Å². The van der Waals surface area contributed by atoms with Crippen molar-refractivity contribution in [3.8, 4) is 0 Å². The summed E-state index contributed by atoms with van der Waals surface area (Å²) in [6.45, 7) is 5.71. The van der Waals surface area contributed by atoms with Crippen molar-refractivity contribution >= 4 is 0 Å². The lowest BCUT2D eigenvalue weighted by Gasteiger charge is -2.19. The average Bonchev–Trinajstić information content (AvgIpc) is 2.76. The zero-order valence-electron chi connectivity index (χ0n) is 8.46. The van der Waals surface area contributed by atoms with E-state index in [1.54, 1.807) is 0 Å². The van der Waals surface area contributed by atoms with Gasteiger partial charge in [0, 0.05) is 25.7 Å². The average molecular weight is 184 g/mol. The number of nitrogens with one attached hydrogen (secondary N) is 1. The third kappa shape index (κ3) is 2.42. The predicted molar refractivity (Wildman–Crippen MR) is 52.8 cm³/mol. The Labute approximate surface area is 80.4 Å². The normalized spacial score (nSPS) is 35.8. The quantitative estimate of drug-likeness (QED) is 0.683. The van der Waals surface area contributed by atoms with E-state index in [-0.39, 0.29) is 0 Å². The number of rotatable bonds is 3. The Morgan fingerprint density at radius 1 is 1.46 bits per heavy atom. The summed E-state index contributed by atoms with van der Waals surface area (Å²) in [4.78, 5) is 2.57. The molecular formula is C10H20N2O. The van der Waals surface area contributed by atoms with Crippen LogP contribution in [-0.4, -0.2) is 50.8 Å². The minimum absolute atomic E-state index is 0.724. The van der Waals surface area contributed by atoms with Crippen molar-refractivity contribution in [2.45, 2.75) is 18.9 Å². The van der Waals surface area contributed by atoms with Crippen LogP contribution in [0.3, 0.4) is 0 Å². The summed E-state index contributed by atoms with van der Waals surface area (Å²) < 4.78 is 5.38. The summed E-state index contributed by atoms with van der Waals surface area (Å²) in [6, 6.07) is 0.724. The smallest absolute Gasteiger partial charge is 0.0507 e. The van der Waals surface area contributed by atoms with Crippen LogP contribution in [0, 0.1) is 5.92 Å². The molecule has 2 fully saturated rings. The zero-order valence-corrected chi connectivity index (χ0v) is 8.46. The second-order valence-corrected chi connectivity index (χ2v) is 4.26. The Kier molecular flexibility index (Phi) is 3.19. The van der Waals surface area contributed by atoms with Gasteiger partial charge < -0.3 is 15.0 Å². The highest BCUT2D eigenvalue weighted by Gasteiger charge is 2.25. The predicted octanol–water partition coefficient (Wildman–Crippen LogP) is 0.317. The molecule has 3 heteroatoms. The molecule has 2 aliphatic rings. The van der Waals surface area contributed by atoms with E-state index >= 15 is 0 Å². The number of hydrogen-bond acceptors (Lipinski definition) is 3. The SMILES string of the molecule is CNC1CCN(CC2CCOC2)C1. The Hall–Kier alpha value is -0.120. The number of likely N-dealkylation sites (N-methyl/N-ethyl adjacent to an activating group) is 1. The third-order valence-corrected chi connectivity index (χ3v) is 3.22. The van der Waals surface area contributed by atoms with E-state index in [2.05, 4.69) is 17.3 Å². The summed E-state index contributed by atoms with van der Waals surface area (Å²) in [5, 5.41) is 3.35. The van der Waals surface area contributed by atoms with Crippen molar-refractivity contribution in [1.82, 2.24) is 10.2 Å². The topological polar surface area (TPSA) is 24.5 Å². The zero-order chi connectivity index (χ0) is 9.10. The first-order valence-corrected chi connectivity index (χ1v) is 5.36. The Balaban J connectivity index is 1.70. The molecule has 0 aliphatic carbocycles. The van der Waals surface area contributed by atoms with Gasteiger partial charge in [-0.15, -0.1) is 0 Å². The molecular weight excluding hydrogens is 164 g/mol. The van der Waals surface area contributed by atoms with Gasteiger partial charge in [0.25, 0.3) is 0 Å². The maximum Gasteiger partial charge on any atom is 0.0507 e. The highest BCUT2D eigenvalue weighted by Crippen LogP contribution is 2.17. The van der Waals surface area contributed by atoms with Gasteiger partial charge in [-0.2, -0.15) is 0 Å². The Bertz CT molecular complexity index is 157. The molecule has 76 valence electrons. The molecule has 13 heavy (non-hydrogen) atoms. The molecule has 0 aromatic heterocycles. The van der Waals surface area contributed by atoms with E-state index in [9.17, 15) is 0 Å². The van der Waals surface area contributed by atoms with E-state index in [0.29, 0.717) is 0 Å². The Morgan fingerprint density at radius 3 is 3.00 bits per heavy atom. The molecule has 0 radical (unpaired) electrons. The van der Waals surface area contributed by atoms with Gasteiger partial charge in [0.05, 0.1) is 6.61 Å². The van der Waals surface area contributed by atoms with Gasteiger partial charge >= 0.3 is 0 Å². The van der Waals surface area contributed by atoms with Crippen LogP contribution >= 0.6 is 0 Å². The summed E-state index contributed by atoms with van der Waals surface area (Å²) in [6.07, 6.45) is 2.57. The number of likely N-dealkylation sites (tertiary alicyclic amines) is 1. The molecule has 0 saturated carbocycles. The molecule has 2 rings (SSSR count). The van der Waals surface area contributed by atoms with E-state index in [4.69, 9.17) is 4.74 Å². The van der Waals surface area contributed by atoms with Crippen molar-refractivity contribution in [2.75, 3.05) is 39.9 Å². The molecule has 2 aliphatic heterocycles. The van der Waals surface area contributed by atoms with Crippen molar-refractivity contribution in [2.24, 2.45) is 5.92 Å². The molecule has 0 amide bonds. The summed E-state index contributed by atoms with van der Waals surface area (Å²) in [7, 11) is 2.06. The van der Waals surface area contributed by atoms with E-state index in [1.165, 1.54) is 32.5 Å². The highest BCUT2D eigenvalue weighted by atomic mass is 16.5. The molecule has 0 aromatic carbocycles. The standard InChI is InChI=1S/C10H20N2O/c1-11-10-2-4-12(7-10)6-9-3-5-13-8-9/h9-11H,2-8H2,1H3. The van der Waals surface area contributed by atoms with Gasteiger partial charge in [0.1, 0.15) is 0 Å². The molecule has 2 atom stereocenters. The lowest BCUT2D eigenvalue weighted by molar-refractivity contribution is 0.173. The summed E-state index contributed by atoms with van der Waals surface area (Å²) in [5.41, 5.74) is 0. The first-order valence-electron chi connectivity index (χ1n) is 5.36. The first-order chi connectivity index (χ1) is 6.38. The minimum atomic E-state index is 0.724. The van der Waals surface area contributed by atoms with Crippen LogP contribution in [0.1, 0.15) is 12.8 Å². The van der Waals surface area contributed by atoms with Crippen molar-refractivity contribution in [1.29, 1.82) is 0 Å². The van der Waals surface area contributed by atoms with Gasteiger partial charge in [0.15, 0.2) is 0 Å². The van der Waals surface area contributed by atoms with Crippen LogP contribution in [-0.2, 0) is 4.74 Å². The molecule has 0 aromatic rings. The van der Waals surface area contributed by atoms with Gasteiger partial charge in [-0.3, -0.25) is 0 Å². The van der Waals surface area contributed by atoms with Gasteiger partial charge in [-0.1, -0.05) is 0 Å². The van der Waals surface area contributed by atoms with Crippen LogP contribution < -0.4 is 5.32 Å². The molecule has 2 saturated heterocycles. The molecule has 0 spiro atoms. The second-order valence-electron chi connectivity index (χ2n) is 4.26. The van der Waals surface area contributed by atoms with Gasteiger partial charge in [-0.05, 0) is 32.4 Å². The van der Waals surface area contributed by atoms with E-state index in [1.807, 2.05) is 0 Å². The highest BCUT2D eigenvalue weighted by molar-refractivity contribution is 4.81. The monoisotopic (exact) mass is 184 g/mol. The van der Waals surface area contributed by atoms with Crippen molar-refractivity contribution < 1.29 is 4.74 Å². The number of ether oxygens (including phenoxy) is 1. The molecule has 1 N–H and O–H groups in total. The van der Waals surface area contributed by atoms with E-state index < -0.39 is 0 Å². The van der Waals surface area contributed by atoms with Crippen LogP contribution in [0.15, 0.2) is 0 Å². The number of hydrogen-bond donors (Lipinski definition) is 1. The minimum Gasteiger partial charge on any atom is -0.381 e. The first kappa shape index (κ1) is 9.44. The molecule has 0 bridgehead atoms. The van der Waals surface area contributed by atoms with Crippen LogP contribution in [0.2, 0.25) is 0 Å². The maximum atomic E-state index is 5.38. The van der Waals surface area contributed by atoms with Crippen LogP contribution in [0.25, 0.3) is 0 Å². The molecule has 2 unspecified atom stereocenters. The molecule has 2 heterocycles. The van der Waals surface area contributed by atoms with Crippen LogP contribution in [0.5, 0.6) is 0 Å². The largest absolute Gasteiger partial charge is 0.381 e. The lowest BCUT2D eigenvalue weighted by Crippen LogP contribution is -2.32. The second kappa shape index (κ2) is 4.40. The van der Waals surface area contributed by atoms with Crippen molar-refractivity contribution in [3.05, 3.63) is 0 Å². The van der Waals surface area contributed by atoms with E-state index in [0.717, 1.165) is 25.2 Å². The van der Waals surface area contributed by atoms with Gasteiger partial charge in [0.2, 0.25) is 0 Å². The lowest BCUT2D eigenvalue weighted by atomic mass is 10.1. The fraction of sp³-hybridized carbons (Fsp3) is 1.00. The third-order valence-electron chi connectivity index (χ3n) is 3.22. The molecule has 3 nitrogen and oxygen atoms in total. The maximum absolute atomic E-state index is 5.38. The summed E-state index contributed by atoms with van der Waals surface area (Å²) >= 11 is 0. The Morgan fingerprint density at radius 2 is 2.38 bits per heavy atom. The van der Waals surface area contributed by atoms with Crippen molar-refractivity contribution in [3.63, 3.8) is 0 Å². The van der Waals surface area contributed by atoms with Crippen LogP contribution in [0.4, 0.5) is 0 Å². The fourth-order valence-electron chi connectivity index (χ4n) is 2.33. The fourth-order valence-corrected chi connectivity index (χ4v) is 2.33.